The molecule has 0 aromatic heterocycles. The molecule has 0 amide bonds. The fourth-order valence-electron chi connectivity index (χ4n) is 2.08. The quantitative estimate of drug-likeness (QED) is 0.278. The predicted molar refractivity (Wildman–Crippen MR) is 85.1 cm³/mol. The number of guanidine groups is 1. The van der Waals surface area contributed by atoms with Crippen LogP contribution in [0.5, 0.6) is 0 Å². The molecule has 19 heavy (non-hydrogen) atoms. The van der Waals surface area contributed by atoms with E-state index in [1.165, 1.54) is 0 Å². The third-order valence-corrected chi connectivity index (χ3v) is 2.88. The molecular formula is C16H26N3+. The predicted octanol–water partition coefficient (Wildman–Crippen LogP) is 2.97. The summed E-state index contributed by atoms with van der Waals surface area (Å²) in [5.74, 6) is 0.513. The van der Waals surface area contributed by atoms with Crippen LogP contribution in [-0.4, -0.2) is 48.1 Å². The van der Waals surface area contributed by atoms with Crippen LogP contribution in [0.4, 0.5) is 0 Å². The van der Waals surface area contributed by atoms with Crippen molar-refractivity contribution in [1.29, 1.82) is 5.41 Å². The maximum atomic E-state index is 8.53. The van der Waals surface area contributed by atoms with Gasteiger partial charge in [0.25, 0.3) is 5.96 Å². The van der Waals surface area contributed by atoms with E-state index < -0.39 is 0 Å². The van der Waals surface area contributed by atoms with E-state index in [2.05, 4.69) is 32.9 Å². The summed E-state index contributed by atoms with van der Waals surface area (Å²) in [6.45, 7) is 22.1. The van der Waals surface area contributed by atoms with Crippen LogP contribution in [0.1, 0.15) is 0 Å². The summed E-state index contributed by atoms with van der Waals surface area (Å²) >= 11 is 0. The minimum atomic E-state index is 0.443. The molecule has 0 aliphatic rings. The highest BCUT2D eigenvalue weighted by atomic mass is 15.5. The van der Waals surface area contributed by atoms with Gasteiger partial charge >= 0.3 is 0 Å². The van der Waals surface area contributed by atoms with E-state index >= 15 is 0 Å². The molecule has 0 saturated carbocycles. The fourth-order valence-corrected chi connectivity index (χ4v) is 2.08. The number of nitrogens with zero attached hydrogens (tertiary/aromatic N) is 2. The van der Waals surface area contributed by atoms with E-state index in [9.17, 15) is 0 Å². The molecule has 0 fully saturated rings. The highest BCUT2D eigenvalue weighted by Gasteiger charge is 2.33. The molecule has 0 aromatic rings. The van der Waals surface area contributed by atoms with Gasteiger partial charge in [-0.2, -0.15) is 0 Å². The molecule has 0 aliphatic carbocycles. The highest BCUT2D eigenvalue weighted by molar-refractivity contribution is 5.70. The van der Waals surface area contributed by atoms with E-state index in [0.717, 1.165) is 0 Å². The molecule has 0 heterocycles. The lowest BCUT2D eigenvalue weighted by atomic mass is 10.3. The van der Waals surface area contributed by atoms with Gasteiger partial charge in [-0.1, -0.05) is 31.9 Å². The SMILES string of the molecule is C=CCN(CC=C)C(=N)[N+](CC=C)(CC=C)CC=C. The second-order valence-electron chi connectivity index (χ2n) is 4.36. The van der Waals surface area contributed by atoms with Crippen LogP contribution in [-0.2, 0) is 0 Å². The number of hydrogen-bond acceptors (Lipinski definition) is 1. The summed E-state index contributed by atoms with van der Waals surface area (Å²) in [4.78, 5) is 1.94. The Labute approximate surface area is 117 Å². The average molecular weight is 260 g/mol. The minimum absolute atomic E-state index is 0.443. The third kappa shape index (κ3) is 4.72. The Morgan fingerprint density at radius 1 is 0.789 bits per heavy atom. The first-order valence-corrected chi connectivity index (χ1v) is 6.36. The van der Waals surface area contributed by atoms with Gasteiger partial charge in [0.05, 0.1) is 0 Å². The van der Waals surface area contributed by atoms with Crippen molar-refractivity contribution in [2.24, 2.45) is 0 Å². The van der Waals surface area contributed by atoms with Gasteiger partial charge in [-0.05, 0) is 18.2 Å². The van der Waals surface area contributed by atoms with E-state index in [4.69, 9.17) is 5.41 Å². The van der Waals surface area contributed by atoms with Crippen molar-refractivity contribution in [1.82, 2.24) is 4.90 Å². The van der Waals surface area contributed by atoms with Crippen LogP contribution < -0.4 is 0 Å². The maximum absolute atomic E-state index is 8.53. The first-order valence-electron chi connectivity index (χ1n) is 6.36. The van der Waals surface area contributed by atoms with Crippen molar-refractivity contribution in [3.8, 4) is 0 Å². The molecule has 0 radical (unpaired) electrons. The zero-order valence-electron chi connectivity index (χ0n) is 11.9. The van der Waals surface area contributed by atoms with E-state index in [0.29, 0.717) is 43.2 Å². The van der Waals surface area contributed by atoms with Crippen LogP contribution in [0, 0.1) is 5.41 Å². The van der Waals surface area contributed by atoms with Crippen LogP contribution in [0.25, 0.3) is 0 Å². The molecule has 0 rings (SSSR count). The van der Waals surface area contributed by atoms with Gasteiger partial charge in [-0.15, -0.1) is 13.2 Å². The fraction of sp³-hybridized carbons (Fsp3) is 0.312. The van der Waals surface area contributed by atoms with E-state index in [-0.39, 0.29) is 0 Å². The van der Waals surface area contributed by atoms with Crippen LogP contribution >= 0.6 is 0 Å². The van der Waals surface area contributed by atoms with Gasteiger partial charge in [0.1, 0.15) is 19.6 Å². The van der Waals surface area contributed by atoms with E-state index in [1.54, 1.807) is 12.2 Å². The molecule has 0 aliphatic heterocycles. The molecule has 0 bridgehead atoms. The Morgan fingerprint density at radius 3 is 1.42 bits per heavy atom. The van der Waals surface area contributed by atoms with Crippen molar-refractivity contribution in [2.45, 2.75) is 0 Å². The van der Waals surface area contributed by atoms with Gasteiger partial charge in [0, 0.05) is 13.1 Å². The van der Waals surface area contributed by atoms with Crippen LogP contribution in [0.3, 0.4) is 0 Å². The van der Waals surface area contributed by atoms with Gasteiger partial charge in [0.2, 0.25) is 0 Å². The molecule has 104 valence electrons. The number of rotatable bonds is 10. The largest absolute Gasteiger partial charge is 0.304 e. The molecular weight excluding hydrogens is 234 g/mol. The smallest absolute Gasteiger partial charge is 0.298 e. The maximum Gasteiger partial charge on any atom is 0.298 e. The van der Waals surface area contributed by atoms with Gasteiger partial charge in [-0.25, -0.2) is 9.89 Å². The summed E-state index contributed by atoms with van der Waals surface area (Å²) in [6.07, 6.45) is 9.09. The summed E-state index contributed by atoms with van der Waals surface area (Å²) in [5.41, 5.74) is 0. The van der Waals surface area contributed by atoms with Gasteiger partial charge < -0.3 is 4.90 Å². The Morgan fingerprint density at radius 2 is 1.16 bits per heavy atom. The normalized spacial score (nSPS) is 10.3. The van der Waals surface area contributed by atoms with Crippen molar-refractivity contribution in [3.05, 3.63) is 63.3 Å². The standard InChI is InChI=1S/C16H26N3/c1-6-11-18(12-7-2)16(17)19(13-8-3,14-9-4)15-10-5/h6-10,17H,1-5,11-15H2/q+1. The molecule has 0 atom stereocenters. The second kappa shape index (κ2) is 9.11. The molecule has 3 heteroatoms. The number of hydrogen-bond donors (Lipinski definition) is 1. The molecule has 1 N–H and O–H groups in total. The molecule has 0 unspecified atom stereocenters. The minimum Gasteiger partial charge on any atom is -0.304 e. The number of quaternary nitrogens is 1. The Kier molecular flexibility index (Phi) is 8.22. The Balaban J connectivity index is 5.37. The third-order valence-electron chi connectivity index (χ3n) is 2.88. The number of nitrogens with one attached hydrogen (secondary N) is 1. The second-order valence-corrected chi connectivity index (χ2v) is 4.36. The first kappa shape index (κ1) is 17.1. The summed E-state index contributed by atoms with van der Waals surface area (Å²) < 4.78 is 0.443. The molecule has 0 aromatic carbocycles. The topological polar surface area (TPSA) is 27.1 Å². The van der Waals surface area contributed by atoms with Gasteiger partial charge in [0.15, 0.2) is 0 Å². The van der Waals surface area contributed by atoms with Crippen molar-refractivity contribution in [3.63, 3.8) is 0 Å². The summed E-state index contributed by atoms with van der Waals surface area (Å²) in [6, 6.07) is 0. The average Bonchev–Trinajstić information content (AvgIpc) is 2.38. The zero-order valence-corrected chi connectivity index (χ0v) is 11.9. The molecule has 0 spiro atoms. The van der Waals surface area contributed by atoms with Gasteiger partial charge in [-0.3, -0.25) is 0 Å². The Hall–Kier alpha value is -1.87. The summed E-state index contributed by atoms with van der Waals surface area (Å²) in [7, 11) is 0. The van der Waals surface area contributed by atoms with Crippen molar-refractivity contribution >= 4 is 5.96 Å². The summed E-state index contributed by atoms with van der Waals surface area (Å²) in [5, 5.41) is 8.53. The van der Waals surface area contributed by atoms with Crippen molar-refractivity contribution in [2.75, 3.05) is 32.7 Å². The lowest BCUT2D eigenvalue weighted by Crippen LogP contribution is -2.59. The lowest BCUT2D eigenvalue weighted by molar-refractivity contribution is -0.829. The molecule has 0 saturated heterocycles. The zero-order chi connectivity index (χ0) is 14.7. The highest BCUT2D eigenvalue weighted by Crippen LogP contribution is 2.13. The lowest BCUT2D eigenvalue weighted by Gasteiger charge is -2.39. The monoisotopic (exact) mass is 260 g/mol. The van der Waals surface area contributed by atoms with Crippen LogP contribution in [0.2, 0.25) is 0 Å². The molecule has 3 nitrogen and oxygen atoms in total. The Bertz CT molecular complexity index is 318. The van der Waals surface area contributed by atoms with E-state index in [1.807, 2.05) is 23.1 Å². The van der Waals surface area contributed by atoms with Crippen LogP contribution in [0.15, 0.2) is 63.3 Å². The van der Waals surface area contributed by atoms with Crippen molar-refractivity contribution < 1.29 is 4.48 Å². The first-order chi connectivity index (χ1) is 9.11.